The van der Waals surface area contributed by atoms with Crippen LogP contribution in [-0.2, 0) is 20.1 Å². The zero-order chi connectivity index (χ0) is 13.6. The highest BCUT2D eigenvalue weighted by Crippen LogP contribution is 2.19. The molecule has 0 aliphatic carbocycles. The summed E-state index contributed by atoms with van der Waals surface area (Å²) in [5, 5.41) is 8.71. The van der Waals surface area contributed by atoms with Crippen molar-refractivity contribution in [1.82, 2.24) is 29.1 Å². The first kappa shape index (κ1) is 12.2. The molecule has 0 unspecified atom stereocenters. The minimum Gasteiger partial charge on any atom is -0.328 e. The van der Waals surface area contributed by atoms with Crippen LogP contribution in [0.3, 0.4) is 0 Å². The van der Waals surface area contributed by atoms with Gasteiger partial charge in [-0.25, -0.2) is 4.68 Å². The van der Waals surface area contributed by atoms with Gasteiger partial charge >= 0.3 is 0 Å². The smallest absolute Gasteiger partial charge is 0.179 e. The maximum Gasteiger partial charge on any atom is 0.179 e. The molecule has 0 aromatic carbocycles. The number of hydrogen-bond acceptors (Lipinski definition) is 3. The number of aryl methyl sites for hydroxylation is 3. The van der Waals surface area contributed by atoms with Crippen molar-refractivity contribution in [2.24, 2.45) is 7.05 Å². The van der Waals surface area contributed by atoms with Crippen LogP contribution in [0.5, 0.6) is 0 Å². The molecule has 6 nitrogen and oxygen atoms in total. The molecule has 0 aliphatic heterocycles. The molecule has 3 rings (SSSR count). The molecule has 0 fully saturated rings. The monoisotopic (exact) mass is 276 g/mol. The average molecular weight is 276 g/mol. The summed E-state index contributed by atoms with van der Waals surface area (Å²) in [7, 11) is 1.91. The lowest BCUT2D eigenvalue weighted by atomic mass is 10.3. The van der Waals surface area contributed by atoms with Crippen molar-refractivity contribution < 1.29 is 0 Å². The van der Waals surface area contributed by atoms with Crippen LogP contribution in [0.15, 0.2) is 12.4 Å². The normalized spacial score (nSPS) is 11.5. The molecule has 0 saturated heterocycles. The highest BCUT2D eigenvalue weighted by Gasteiger charge is 2.14. The number of nitrogens with zero attached hydrogens (tertiary/aromatic N) is 5. The molecule has 1 N–H and O–H groups in total. The molecular weight excluding hydrogens is 260 g/mol. The fourth-order valence-electron chi connectivity index (χ4n) is 2.36. The van der Waals surface area contributed by atoms with Gasteiger partial charge in [0.15, 0.2) is 10.4 Å². The summed E-state index contributed by atoms with van der Waals surface area (Å²) in [4.78, 5) is 3.24. The summed E-state index contributed by atoms with van der Waals surface area (Å²) < 4.78 is 6.57. The van der Waals surface area contributed by atoms with Gasteiger partial charge in [-0.15, -0.1) is 0 Å². The van der Waals surface area contributed by atoms with Gasteiger partial charge in [0, 0.05) is 25.4 Å². The van der Waals surface area contributed by atoms with Gasteiger partial charge in [0.25, 0.3) is 0 Å². The summed E-state index contributed by atoms with van der Waals surface area (Å²) in [6, 6.07) is 0. The Labute approximate surface area is 115 Å². The molecular formula is C12H16N6S. The van der Waals surface area contributed by atoms with Crippen molar-refractivity contribution in [2.75, 3.05) is 0 Å². The van der Waals surface area contributed by atoms with Gasteiger partial charge in [-0.05, 0) is 26.1 Å². The van der Waals surface area contributed by atoms with E-state index in [0.717, 1.165) is 33.7 Å². The van der Waals surface area contributed by atoms with Crippen LogP contribution < -0.4 is 0 Å². The molecule has 100 valence electrons. The zero-order valence-corrected chi connectivity index (χ0v) is 12.0. The topological polar surface area (TPSA) is 56.4 Å². The van der Waals surface area contributed by atoms with Crippen LogP contribution in [0.1, 0.15) is 18.2 Å². The maximum absolute atomic E-state index is 5.42. The van der Waals surface area contributed by atoms with E-state index in [1.807, 2.05) is 31.0 Å². The van der Waals surface area contributed by atoms with E-state index in [1.54, 1.807) is 4.68 Å². The van der Waals surface area contributed by atoms with Crippen molar-refractivity contribution in [3.63, 3.8) is 0 Å². The Morgan fingerprint density at radius 2 is 2.21 bits per heavy atom. The highest BCUT2D eigenvalue weighted by molar-refractivity contribution is 7.71. The van der Waals surface area contributed by atoms with Crippen molar-refractivity contribution in [3.8, 4) is 0 Å². The fourth-order valence-corrected chi connectivity index (χ4v) is 2.62. The first-order chi connectivity index (χ1) is 9.10. The Morgan fingerprint density at radius 1 is 1.42 bits per heavy atom. The molecule has 0 amide bonds. The summed E-state index contributed by atoms with van der Waals surface area (Å²) in [6.07, 6.45) is 3.86. The largest absolute Gasteiger partial charge is 0.328 e. The minimum absolute atomic E-state index is 0.706. The lowest BCUT2D eigenvalue weighted by Crippen LogP contribution is -2.06. The predicted molar refractivity (Wildman–Crippen MR) is 75.6 cm³/mol. The van der Waals surface area contributed by atoms with Crippen LogP contribution in [0.2, 0.25) is 0 Å². The number of rotatable bonds is 3. The number of H-pyrrole nitrogens is 1. The third kappa shape index (κ3) is 1.90. The molecule has 7 heteroatoms. The summed E-state index contributed by atoms with van der Waals surface area (Å²) >= 11 is 5.42. The van der Waals surface area contributed by atoms with Gasteiger partial charge in [0.1, 0.15) is 5.52 Å². The summed E-state index contributed by atoms with van der Waals surface area (Å²) in [5.41, 5.74) is 4.18. The molecule has 0 bridgehead atoms. The van der Waals surface area contributed by atoms with E-state index in [9.17, 15) is 0 Å². The number of nitrogens with one attached hydrogen (secondary N) is 1. The second-order valence-electron chi connectivity index (χ2n) is 4.64. The highest BCUT2D eigenvalue weighted by atomic mass is 32.1. The zero-order valence-electron chi connectivity index (χ0n) is 11.2. The van der Waals surface area contributed by atoms with E-state index >= 15 is 0 Å². The maximum atomic E-state index is 5.42. The van der Waals surface area contributed by atoms with Crippen LogP contribution >= 0.6 is 12.2 Å². The van der Waals surface area contributed by atoms with Gasteiger partial charge in [0.05, 0.1) is 18.4 Å². The van der Waals surface area contributed by atoms with Crippen LogP contribution in [0.25, 0.3) is 11.2 Å². The number of hydrogen-bond donors (Lipinski definition) is 1. The number of fused-ring (bicyclic) bond motifs is 1. The molecule has 0 aliphatic rings. The van der Waals surface area contributed by atoms with Crippen LogP contribution in [0.4, 0.5) is 0 Å². The van der Waals surface area contributed by atoms with E-state index in [4.69, 9.17) is 12.2 Å². The Hall–Kier alpha value is -1.89. The number of imidazole rings is 1. The van der Waals surface area contributed by atoms with E-state index in [0.29, 0.717) is 6.54 Å². The van der Waals surface area contributed by atoms with Crippen molar-refractivity contribution in [1.29, 1.82) is 0 Å². The van der Waals surface area contributed by atoms with E-state index in [-0.39, 0.29) is 0 Å². The first-order valence-corrected chi connectivity index (χ1v) is 6.64. The second-order valence-corrected chi connectivity index (χ2v) is 5.03. The van der Waals surface area contributed by atoms with E-state index in [2.05, 4.69) is 26.7 Å². The standard InChI is InChI=1S/C12H16N6S/c1-4-18-11-10(8(2)15-18)14-12(19)17(11)7-9-5-13-16(3)6-9/h5-6H,4,7H2,1-3H3,(H,14,19). The molecule has 0 radical (unpaired) electrons. The first-order valence-electron chi connectivity index (χ1n) is 6.23. The van der Waals surface area contributed by atoms with Gasteiger partial charge in [-0.3, -0.25) is 9.25 Å². The number of aromatic nitrogens is 6. The molecule has 19 heavy (non-hydrogen) atoms. The molecule has 3 aromatic heterocycles. The lowest BCUT2D eigenvalue weighted by Gasteiger charge is -2.04. The summed E-state index contributed by atoms with van der Waals surface area (Å²) in [5.74, 6) is 0. The molecule has 3 heterocycles. The van der Waals surface area contributed by atoms with Gasteiger partial charge < -0.3 is 4.98 Å². The third-order valence-electron chi connectivity index (χ3n) is 3.23. The fraction of sp³-hybridized carbons (Fsp3) is 0.417. The Morgan fingerprint density at radius 3 is 2.84 bits per heavy atom. The van der Waals surface area contributed by atoms with Crippen LogP contribution in [0, 0.1) is 11.7 Å². The third-order valence-corrected chi connectivity index (χ3v) is 3.55. The average Bonchev–Trinajstić information content (AvgIpc) is 3.00. The van der Waals surface area contributed by atoms with Crippen molar-refractivity contribution in [2.45, 2.75) is 26.9 Å². The van der Waals surface area contributed by atoms with Crippen molar-refractivity contribution in [3.05, 3.63) is 28.4 Å². The van der Waals surface area contributed by atoms with Gasteiger partial charge in [-0.1, -0.05) is 0 Å². The van der Waals surface area contributed by atoms with E-state index < -0.39 is 0 Å². The van der Waals surface area contributed by atoms with Crippen molar-refractivity contribution >= 4 is 23.4 Å². The predicted octanol–water partition coefficient (Wildman–Crippen LogP) is 2.01. The quantitative estimate of drug-likeness (QED) is 0.744. The Balaban J connectivity index is 2.17. The Bertz CT molecular complexity index is 787. The van der Waals surface area contributed by atoms with Crippen LogP contribution in [-0.4, -0.2) is 29.1 Å². The van der Waals surface area contributed by atoms with E-state index in [1.165, 1.54) is 0 Å². The lowest BCUT2D eigenvalue weighted by molar-refractivity contribution is 0.643. The second kappa shape index (κ2) is 4.34. The molecule has 0 spiro atoms. The Kier molecular flexibility index (Phi) is 2.78. The summed E-state index contributed by atoms with van der Waals surface area (Å²) in [6.45, 7) is 5.60. The molecule has 0 atom stereocenters. The molecule has 0 saturated carbocycles. The molecule has 3 aromatic rings. The number of aromatic amines is 1. The SMILES string of the molecule is CCn1nc(C)c2[nH]c(=S)n(Cc3cnn(C)c3)c21. The van der Waals surface area contributed by atoms with Gasteiger partial charge in [0.2, 0.25) is 0 Å². The minimum atomic E-state index is 0.706. The van der Waals surface area contributed by atoms with Gasteiger partial charge in [-0.2, -0.15) is 10.2 Å².